The Morgan fingerprint density at radius 3 is 1.29 bits per heavy atom. The molecule has 0 aliphatic carbocycles. The predicted molar refractivity (Wildman–Crippen MR) is 123 cm³/mol. The Bertz CT molecular complexity index is 990. The van der Waals surface area contributed by atoms with Crippen molar-refractivity contribution in [1.82, 2.24) is 9.97 Å². The highest BCUT2D eigenvalue weighted by Crippen LogP contribution is 2.44. The Kier molecular flexibility index (Phi) is 7.60. The standard InChI is InChI=1S/C18H10Cl6N2S2/c1-7-3-13(27-17-11(21)5-9(19)15(23)25-17)14(4-8(7)2)28-18-12(22)6-10(20)16(24)26-18/h3-6H,1-2H3. The first-order valence-corrected chi connectivity index (χ1v) is 11.6. The molecule has 0 saturated heterocycles. The number of rotatable bonds is 4. The van der Waals surface area contributed by atoms with Crippen LogP contribution in [-0.4, -0.2) is 9.97 Å². The lowest BCUT2D eigenvalue weighted by Gasteiger charge is -2.13. The molecule has 0 bridgehead atoms. The van der Waals surface area contributed by atoms with Gasteiger partial charge in [0.25, 0.3) is 0 Å². The first-order valence-electron chi connectivity index (χ1n) is 7.65. The Labute approximate surface area is 201 Å². The van der Waals surface area contributed by atoms with Crippen molar-refractivity contribution in [2.75, 3.05) is 0 Å². The minimum Gasteiger partial charge on any atom is -0.226 e. The average molecular weight is 531 g/mol. The first kappa shape index (κ1) is 22.6. The van der Waals surface area contributed by atoms with Crippen LogP contribution in [0.25, 0.3) is 0 Å². The van der Waals surface area contributed by atoms with Gasteiger partial charge in [-0.3, -0.25) is 0 Å². The largest absolute Gasteiger partial charge is 0.226 e. The van der Waals surface area contributed by atoms with E-state index in [1.807, 2.05) is 26.0 Å². The highest BCUT2D eigenvalue weighted by molar-refractivity contribution is 8.02. The van der Waals surface area contributed by atoms with Gasteiger partial charge in [-0.2, -0.15) is 0 Å². The van der Waals surface area contributed by atoms with Crippen molar-refractivity contribution in [3.63, 3.8) is 0 Å². The molecule has 0 spiro atoms. The molecular weight excluding hydrogens is 521 g/mol. The molecule has 2 heterocycles. The molecule has 3 rings (SSSR count). The smallest absolute Gasteiger partial charge is 0.149 e. The molecule has 0 fully saturated rings. The van der Waals surface area contributed by atoms with Crippen molar-refractivity contribution < 1.29 is 0 Å². The summed E-state index contributed by atoms with van der Waals surface area (Å²) in [4.78, 5) is 10.4. The second kappa shape index (κ2) is 9.40. The Hall–Kier alpha value is -0.0400. The van der Waals surface area contributed by atoms with E-state index in [0.717, 1.165) is 20.9 Å². The summed E-state index contributed by atoms with van der Waals surface area (Å²) >= 11 is 39.4. The van der Waals surface area contributed by atoms with Crippen LogP contribution in [0.15, 0.2) is 44.1 Å². The number of hydrogen-bond acceptors (Lipinski definition) is 4. The lowest BCUT2D eigenvalue weighted by atomic mass is 10.1. The quantitative estimate of drug-likeness (QED) is 0.314. The fourth-order valence-electron chi connectivity index (χ4n) is 2.13. The van der Waals surface area contributed by atoms with E-state index in [4.69, 9.17) is 69.6 Å². The van der Waals surface area contributed by atoms with E-state index in [2.05, 4.69) is 9.97 Å². The molecule has 0 aliphatic heterocycles. The van der Waals surface area contributed by atoms with Gasteiger partial charge in [0.2, 0.25) is 0 Å². The monoisotopic (exact) mass is 528 g/mol. The fraction of sp³-hybridized carbons (Fsp3) is 0.111. The van der Waals surface area contributed by atoms with Crippen LogP contribution in [0.2, 0.25) is 30.4 Å². The van der Waals surface area contributed by atoms with Crippen LogP contribution in [0.4, 0.5) is 0 Å². The van der Waals surface area contributed by atoms with Gasteiger partial charge in [0, 0.05) is 9.79 Å². The molecule has 0 atom stereocenters. The molecule has 146 valence electrons. The third-order valence-corrected chi connectivity index (χ3v) is 8.08. The van der Waals surface area contributed by atoms with Gasteiger partial charge in [0.05, 0.1) is 20.1 Å². The van der Waals surface area contributed by atoms with Crippen LogP contribution in [0.1, 0.15) is 11.1 Å². The van der Waals surface area contributed by atoms with Crippen LogP contribution in [0, 0.1) is 13.8 Å². The lowest BCUT2D eigenvalue weighted by Crippen LogP contribution is -1.91. The summed E-state index contributed by atoms with van der Waals surface area (Å²) in [6.45, 7) is 4.06. The second-order valence-corrected chi connectivity index (χ2v) is 10.1. The van der Waals surface area contributed by atoms with Crippen LogP contribution in [0.5, 0.6) is 0 Å². The fourth-order valence-corrected chi connectivity index (χ4v) is 5.50. The maximum atomic E-state index is 6.30. The van der Waals surface area contributed by atoms with Crippen molar-refractivity contribution in [1.29, 1.82) is 0 Å². The highest BCUT2D eigenvalue weighted by atomic mass is 35.5. The van der Waals surface area contributed by atoms with Gasteiger partial charge in [-0.1, -0.05) is 93.1 Å². The zero-order valence-electron chi connectivity index (χ0n) is 14.3. The molecule has 0 amide bonds. The van der Waals surface area contributed by atoms with Crippen LogP contribution in [-0.2, 0) is 0 Å². The van der Waals surface area contributed by atoms with Crippen molar-refractivity contribution >= 4 is 93.1 Å². The molecule has 1 aromatic carbocycles. The second-order valence-electron chi connectivity index (χ2n) is 5.68. The molecule has 0 aliphatic rings. The third kappa shape index (κ3) is 5.16. The topological polar surface area (TPSA) is 25.8 Å². The maximum absolute atomic E-state index is 6.30. The molecule has 2 nitrogen and oxygen atoms in total. The maximum Gasteiger partial charge on any atom is 0.149 e. The number of nitrogens with zero attached hydrogens (tertiary/aromatic N) is 2. The number of aromatic nitrogens is 2. The summed E-state index contributed by atoms with van der Waals surface area (Å²) in [7, 11) is 0. The van der Waals surface area contributed by atoms with Crippen LogP contribution >= 0.6 is 93.1 Å². The molecule has 0 unspecified atom stereocenters. The number of aryl methyl sites for hydroxylation is 2. The summed E-state index contributed by atoms with van der Waals surface area (Å²) in [5, 5.41) is 2.93. The Morgan fingerprint density at radius 1 is 0.571 bits per heavy atom. The normalized spacial score (nSPS) is 11.1. The minimum atomic E-state index is 0.195. The Balaban J connectivity index is 2.04. The average Bonchev–Trinajstić information content (AvgIpc) is 2.61. The Morgan fingerprint density at radius 2 is 0.929 bits per heavy atom. The van der Waals surface area contributed by atoms with E-state index in [1.165, 1.54) is 23.5 Å². The van der Waals surface area contributed by atoms with Crippen molar-refractivity contribution in [3.8, 4) is 0 Å². The molecule has 3 aromatic rings. The van der Waals surface area contributed by atoms with Crippen LogP contribution < -0.4 is 0 Å². The van der Waals surface area contributed by atoms with Crippen LogP contribution in [0.3, 0.4) is 0 Å². The van der Waals surface area contributed by atoms with E-state index >= 15 is 0 Å². The first-order chi connectivity index (χ1) is 13.2. The predicted octanol–water partition coefficient (Wildman–Crippen LogP) is 9.32. The lowest BCUT2D eigenvalue weighted by molar-refractivity contribution is 1.10. The third-order valence-electron chi connectivity index (χ3n) is 3.68. The zero-order chi connectivity index (χ0) is 20.6. The SMILES string of the molecule is Cc1cc(Sc2nc(Cl)c(Cl)cc2Cl)c(Sc2nc(Cl)c(Cl)cc2Cl)cc1C. The summed E-state index contributed by atoms with van der Waals surface area (Å²) in [5.74, 6) is 0. The van der Waals surface area contributed by atoms with Gasteiger partial charge in [-0.05, 0) is 49.2 Å². The molecular formula is C18H10Cl6N2S2. The molecule has 10 heteroatoms. The summed E-state index contributed by atoms with van der Waals surface area (Å²) < 4.78 is 0. The van der Waals surface area contributed by atoms with Gasteiger partial charge in [0.15, 0.2) is 0 Å². The molecule has 0 radical (unpaired) electrons. The highest BCUT2D eigenvalue weighted by Gasteiger charge is 2.16. The van der Waals surface area contributed by atoms with Gasteiger partial charge in [-0.25, -0.2) is 9.97 Å². The number of halogens is 6. The van der Waals surface area contributed by atoms with Gasteiger partial charge in [0.1, 0.15) is 20.4 Å². The van der Waals surface area contributed by atoms with E-state index < -0.39 is 0 Å². The van der Waals surface area contributed by atoms with E-state index in [0.29, 0.717) is 30.1 Å². The molecule has 2 aromatic heterocycles. The van der Waals surface area contributed by atoms with E-state index in [-0.39, 0.29) is 10.3 Å². The molecule has 28 heavy (non-hydrogen) atoms. The van der Waals surface area contributed by atoms with E-state index in [1.54, 1.807) is 12.1 Å². The van der Waals surface area contributed by atoms with Crippen molar-refractivity contribution in [2.45, 2.75) is 33.7 Å². The summed E-state index contributed by atoms with van der Waals surface area (Å²) in [6.07, 6.45) is 0. The summed E-state index contributed by atoms with van der Waals surface area (Å²) in [5.41, 5.74) is 2.24. The number of pyridine rings is 2. The molecule has 0 N–H and O–H groups in total. The van der Waals surface area contributed by atoms with Crippen molar-refractivity contribution in [2.24, 2.45) is 0 Å². The van der Waals surface area contributed by atoms with Crippen molar-refractivity contribution in [3.05, 3.63) is 65.8 Å². The number of hydrogen-bond donors (Lipinski definition) is 0. The molecule has 0 saturated carbocycles. The number of benzene rings is 1. The van der Waals surface area contributed by atoms with E-state index in [9.17, 15) is 0 Å². The van der Waals surface area contributed by atoms with Gasteiger partial charge in [-0.15, -0.1) is 0 Å². The minimum absolute atomic E-state index is 0.195. The van der Waals surface area contributed by atoms with Gasteiger partial charge < -0.3 is 0 Å². The summed E-state index contributed by atoms with van der Waals surface area (Å²) in [6, 6.07) is 7.25. The zero-order valence-corrected chi connectivity index (χ0v) is 20.5. The van der Waals surface area contributed by atoms with Gasteiger partial charge >= 0.3 is 0 Å².